The van der Waals surface area contributed by atoms with Gasteiger partial charge in [-0.2, -0.15) is 8.42 Å². The van der Waals surface area contributed by atoms with Gasteiger partial charge in [0, 0.05) is 0 Å². The molecular formula is C4H8N4O5S2. The average Bonchev–Trinajstić information content (AvgIpc) is 1.96. The quantitative estimate of drug-likeness (QED) is 0.251. The minimum atomic E-state index is -4.67. The van der Waals surface area contributed by atoms with Crippen LogP contribution in [0.25, 0.3) is 0 Å². The zero-order valence-corrected chi connectivity index (χ0v) is 8.72. The van der Waals surface area contributed by atoms with Gasteiger partial charge in [0.05, 0.1) is 0 Å². The van der Waals surface area contributed by atoms with Crippen LogP contribution in [0, 0.1) is 4.77 Å². The van der Waals surface area contributed by atoms with E-state index in [1.54, 1.807) is 0 Å². The van der Waals surface area contributed by atoms with Gasteiger partial charge in [0.1, 0.15) is 11.5 Å². The summed E-state index contributed by atoms with van der Waals surface area (Å²) in [5, 5.41) is 0. The van der Waals surface area contributed by atoms with Crippen LogP contribution in [-0.2, 0) is 10.4 Å². The second-order valence-corrected chi connectivity index (χ2v) is 3.49. The van der Waals surface area contributed by atoms with Crippen LogP contribution in [0.2, 0.25) is 0 Å². The Labute approximate surface area is 88.7 Å². The number of rotatable bonds is 0. The third kappa shape index (κ3) is 6.62. The lowest BCUT2D eigenvalue weighted by Gasteiger charge is -1.95. The van der Waals surface area contributed by atoms with Crippen LogP contribution >= 0.6 is 12.2 Å². The molecule has 0 fully saturated rings. The Kier molecular flexibility index (Phi) is 4.41. The molecule has 1 aromatic rings. The summed E-state index contributed by atoms with van der Waals surface area (Å²) in [5.74, 6) is 0.105. The molecule has 86 valence electrons. The van der Waals surface area contributed by atoms with Crippen LogP contribution in [0.1, 0.15) is 0 Å². The van der Waals surface area contributed by atoms with Crippen molar-refractivity contribution in [3.05, 3.63) is 15.1 Å². The summed E-state index contributed by atoms with van der Waals surface area (Å²) < 4.78 is 31.8. The molecule has 0 unspecified atom stereocenters. The third-order valence-corrected chi connectivity index (χ3v) is 1.21. The maximum atomic E-state index is 10.7. The fourth-order valence-electron chi connectivity index (χ4n) is 0.514. The molecule has 15 heavy (non-hydrogen) atoms. The lowest BCUT2D eigenvalue weighted by Crippen LogP contribution is -2.15. The van der Waals surface area contributed by atoms with E-state index >= 15 is 0 Å². The van der Waals surface area contributed by atoms with E-state index in [1.807, 2.05) is 0 Å². The van der Waals surface area contributed by atoms with Crippen molar-refractivity contribution in [2.75, 3.05) is 11.5 Å². The Hall–Kier alpha value is -1.43. The van der Waals surface area contributed by atoms with Gasteiger partial charge in [-0.05, 0) is 12.2 Å². The fraction of sp³-hybridized carbons (Fsp3) is 0. The Morgan fingerprint density at radius 2 is 1.60 bits per heavy atom. The minimum Gasteiger partial charge on any atom is -0.391 e. The molecule has 0 amide bonds. The molecule has 0 aliphatic heterocycles. The topological polar surface area (TPSA) is 175 Å². The Morgan fingerprint density at radius 3 is 1.93 bits per heavy atom. The molecule has 1 aromatic heterocycles. The van der Waals surface area contributed by atoms with E-state index in [1.165, 1.54) is 0 Å². The second kappa shape index (κ2) is 4.88. The summed E-state index contributed by atoms with van der Waals surface area (Å²) in [6.07, 6.45) is 0. The molecule has 0 aliphatic rings. The molecule has 0 atom stereocenters. The van der Waals surface area contributed by atoms with Crippen molar-refractivity contribution in [3.8, 4) is 0 Å². The van der Waals surface area contributed by atoms with Gasteiger partial charge >= 0.3 is 10.4 Å². The van der Waals surface area contributed by atoms with E-state index in [0.717, 1.165) is 0 Å². The van der Waals surface area contributed by atoms with Crippen LogP contribution in [-0.4, -0.2) is 27.5 Å². The number of hydrogen-bond acceptors (Lipinski definition) is 6. The van der Waals surface area contributed by atoms with Crippen molar-refractivity contribution in [2.45, 2.75) is 0 Å². The number of nitrogens with two attached hydrogens (primary N) is 2. The van der Waals surface area contributed by atoms with E-state index < -0.39 is 16.0 Å². The van der Waals surface area contributed by atoms with E-state index in [9.17, 15) is 4.79 Å². The predicted molar refractivity (Wildman–Crippen MR) is 55.2 cm³/mol. The highest BCUT2D eigenvalue weighted by atomic mass is 32.3. The second-order valence-electron chi connectivity index (χ2n) is 2.18. The normalized spacial score (nSPS) is 10.3. The van der Waals surface area contributed by atoms with Gasteiger partial charge in [-0.3, -0.25) is 18.9 Å². The van der Waals surface area contributed by atoms with Crippen molar-refractivity contribution in [2.24, 2.45) is 0 Å². The summed E-state index contributed by atoms with van der Waals surface area (Å²) in [4.78, 5) is 15.5. The molecular weight excluding hydrogens is 248 g/mol. The van der Waals surface area contributed by atoms with E-state index in [0.29, 0.717) is 0 Å². The van der Waals surface area contributed by atoms with E-state index in [4.69, 9.17) is 29.0 Å². The Bertz CT molecular complexity index is 535. The largest absolute Gasteiger partial charge is 0.394 e. The van der Waals surface area contributed by atoms with Gasteiger partial charge in [0.15, 0.2) is 4.77 Å². The highest BCUT2D eigenvalue weighted by Gasteiger charge is 1.97. The van der Waals surface area contributed by atoms with Gasteiger partial charge < -0.3 is 16.5 Å². The van der Waals surface area contributed by atoms with Crippen LogP contribution in [0.4, 0.5) is 11.5 Å². The smallest absolute Gasteiger partial charge is 0.391 e. The standard InChI is InChI=1S/C4H6N4OS.H2O4S/c5-1-2(6)7-4(10)8-3(1)9;1-5(2,3)4/h5H2,(H4,6,7,8,9,10);(H2,1,2,3,4). The first kappa shape index (κ1) is 13.6. The van der Waals surface area contributed by atoms with Crippen molar-refractivity contribution < 1.29 is 17.5 Å². The Balaban J connectivity index is 0.000000336. The number of nitrogens with one attached hydrogen (secondary N) is 2. The molecule has 0 bridgehead atoms. The summed E-state index contributed by atoms with van der Waals surface area (Å²) in [6, 6.07) is 0. The number of aromatic nitrogens is 2. The lowest BCUT2D eigenvalue weighted by atomic mass is 10.5. The maximum Gasteiger partial charge on any atom is 0.394 e. The van der Waals surface area contributed by atoms with Gasteiger partial charge in [0.2, 0.25) is 0 Å². The number of H-pyrrole nitrogens is 2. The van der Waals surface area contributed by atoms with E-state index in [2.05, 4.69) is 22.2 Å². The molecule has 8 N–H and O–H groups in total. The number of aromatic amines is 2. The first-order chi connectivity index (χ1) is 6.61. The van der Waals surface area contributed by atoms with Crippen molar-refractivity contribution in [1.82, 2.24) is 9.97 Å². The Morgan fingerprint density at radius 1 is 1.20 bits per heavy atom. The van der Waals surface area contributed by atoms with Crippen LogP contribution < -0.4 is 17.0 Å². The van der Waals surface area contributed by atoms with Crippen LogP contribution in [0.15, 0.2) is 4.79 Å². The highest BCUT2D eigenvalue weighted by Crippen LogP contribution is 1.99. The van der Waals surface area contributed by atoms with E-state index in [-0.39, 0.29) is 16.3 Å². The number of nitrogen functional groups attached to an aromatic ring is 2. The monoisotopic (exact) mass is 256 g/mol. The highest BCUT2D eigenvalue weighted by molar-refractivity contribution is 7.79. The molecule has 11 heteroatoms. The SMILES string of the molecule is Nc1[nH]c(=S)[nH]c(=O)c1N.O=S(=O)(O)O. The molecule has 0 saturated heterocycles. The summed E-state index contributed by atoms with van der Waals surface area (Å²) >= 11 is 4.60. The average molecular weight is 256 g/mol. The molecule has 0 spiro atoms. The van der Waals surface area contributed by atoms with Gasteiger partial charge in [-0.25, -0.2) is 0 Å². The van der Waals surface area contributed by atoms with Crippen molar-refractivity contribution in [1.29, 1.82) is 0 Å². The first-order valence-electron chi connectivity index (χ1n) is 3.18. The first-order valence-corrected chi connectivity index (χ1v) is 4.99. The predicted octanol–water partition coefficient (Wildman–Crippen LogP) is -1.06. The third-order valence-electron chi connectivity index (χ3n) is 1.01. The zero-order chi connectivity index (χ0) is 12.2. The zero-order valence-electron chi connectivity index (χ0n) is 7.09. The number of anilines is 2. The van der Waals surface area contributed by atoms with Gasteiger partial charge in [-0.15, -0.1) is 0 Å². The maximum absolute atomic E-state index is 10.7. The summed E-state index contributed by atoms with van der Waals surface area (Å²) in [6.45, 7) is 0. The van der Waals surface area contributed by atoms with Crippen LogP contribution in [0.3, 0.4) is 0 Å². The molecule has 9 nitrogen and oxygen atoms in total. The van der Waals surface area contributed by atoms with Gasteiger partial charge in [0.25, 0.3) is 5.56 Å². The molecule has 1 rings (SSSR count). The van der Waals surface area contributed by atoms with Crippen LogP contribution in [0.5, 0.6) is 0 Å². The van der Waals surface area contributed by atoms with Crippen molar-refractivity contribution >= 4 is 34.1 Å². The van der Waals surface area contributed by atoms with Crippen molar-refractivity contribution in [3.63, 3.8) is 0 Å². The molecule has 0 aromatic carbocycles. The summed E-state index contributed by atoms with van der Waals surface area (Å²) in [5.41, 5.74) is 9.97. The lowest BCUT2D eigenvalue weighted by molar-refractivity contribution is 0.381. The fourth-order valence-corrected chi connectivity index (χ4v) is 0.716. The van der Waals surface area contributed by atoms with Gasteiger partial charge in [-0.1, -0.05) is 0 Å². The molecule has 0 aliphatic carbocycles. The molecule has 0 saturated carbocycles. The summed E-state index contributed by atoms with van der Waals surface area (Å²) in [7, 11) is -4.67. The molecule has 0 radical (unpaired) electrons. The number of hydrogen-bond donors (Lipinski definition) is 6. The molecule has 1 heterocycles. The minimum absolute atomic E-state index is 0.0337.